The predicted molar refractivity (Wildman–Crippen MR) is 79.5 cm³/mol. The second-order valence-corrected chi connectivity index (χ2v) is 5.89. The number of benzene rings is 1. The third kappa shape index (κ3) is 2.69. The molecule has 2 nitrogen and oxygen atoms in total. The Bertz CT molecular complexity index is 402. The fraction of sp³-hybridized carbons (Fsp3) is 0.625. The van der Waals surface area contributed by atoms with Gasteiger partial charge < -0.3 is 10.2 Å². The Kier molecular flexibility index (Phi) is 3.96. The fourth-order valence-electron chi connectivity index (χ4n) is 3.17. The van der Waals surface area contributed by atoms with E-state index in [4.69, 9.17) is 0 Å². The van der Waals surface area contributed by atoms with Crippen LogP contribution in [0.5, 0.6) is 0 Å². The van der Waals surface area contributed by atoms with Crippen LogP contribution in [0, 0.1) is 20.8 Å². The Morgan fingerprint density at radius 3 is 2.33 bits per heavy atom. The first-order valence-electron chi connectivity index (χ1n) is 7.07. The Morgan fingerprint density at radius 2 is 1.72 bits per heavy atom. The molecule has 1 aromatic carbocycles. The van der Waals surface area contributed by atoms with Gasteiger partial charge >= 0.3 is 0 Å². The third-order valence-corrected chi connectivity index (χ3v) is 3.98. The van der Waals surface area contributed by atoms with Crippen LogP contribution in [0.25, 0.3) is 0 Å². The van der Waals surface area contributed by atoms with E-state index in [1.807, 2.05) is 0 Å². The molecular weight excluding hydrogens is 220 g/mol. The maximum atomic E-state index is 3.58. The Hall–Kier alpha value is -1.02. The van der Waals surface area contributed by atoms with Gasteiger partial charge in [-0.2, -0.15) is 0 Å². The summed E-state index contributed by atoms with van der Waals surface area (Å²) in [7, 11) is 0. The fourth-order valence-corrected chi connectivity index (χ4v) is 3.17. The lowest BCUT2D eigenvalue weighted by Crippen LogP contribution is -2.39. The van der Waals surface area contributed by atoms with Gasteiger partial charge in [-0.1, -0.05) is 17.7 Å². The van der Waals surface area contributed by atoms with Crippen LogP contribution in [0.1, 0.15) is 37.0 Å². The average Bonchev–Trinajstić information content (AvgIpc) is 2.40. The summed E-state index contributed by atoms with van der Waals surface area (Å²) < 4.78 is 0. The predicted octanol–water partition coefficient (Wildman–Crippen LogP) is 3.19. The number of hydrogen-bond donors (Lipinski definition) is 1. The number of hydrogen-bond acceptors (Lipinski definition) is 2. The molecule has 1 saturated heterocycles. The maximum Gasteiger partial charge on any atom is 0.0428 e. The lowest BCUT2D eigenvalue weighted by Gasteiger charge is -2.33. The largest absolute Gasteiger partial charge is 0.367 e. The molecule has 1 aromatic rings. The molecular formula is C16H26N2. The van der Waals surface area contributed by atoms with E-state index in [9.17, 15) is 0 Å². The molecule has 18 heavy (non-hydrogen) atoms. The normalized spacial score (nSPS) is 25.1. The quantitative estimate of drug-likeness (QED) is 0.818. The topological polar surface area (TPSA) is 15.3 Å². The van der Waals surface area contributed by atoms with Crippen molar-refractivity contribution in [3.05, 3.63) is 28.8 Å². The van der Waals surface area contributed by atoms with Crippen LogP contribution in [0.3, 0.4) is 0 Å². The zero-order valence-corrected chi connectivity index (χ0v) is 12.4. The highest BCUT2D eigenvalue weighted by Gasteiger charge is 2.23. The summed E-state index contributed by atoms with van der Waals surface area (Å²) in [6.07, 6.45) is 1.22. The highest BCUT2D eigenvalue weighted by atomic mass is 15.2. The van der Waals surface area contributed by atoms with Gasteiger partial charge in [0.1, 0.15) is 0 Å². The molecule has 1 N–H and O–H groups in total. The van der Waals surface area contributed by atoms with Crippen molar-refractivity contribution in [2.24, 2.45) is 0 Å². The molecule has 0 bridgehead atoms. The van der Waals surface area contributed by atoms with Gasteiger partial charge in [0.25, 0.3) is 0 Å². The smallest absolute Gasteiger partial charge is 0.0428 e. The van der Waals surface area contributed by atoms with Crippen molar-refractivity contribution in [1.82, 2.24) is 5.32 Å². The second-order valence-electron chi connectivity index (χ2n) is 5.89. The highest BCUT2D eigenvalue weighted by Crippen LogP contribution is 2.29. The average molecular weight is 246 g/mol. The standard InChI is InChI=1S/C16H26N2/c1-11-8-12(2)16(13(3)9-11)18-10-14(4)17-7-6-15(18)5/h8-9,14-15,17H,6-7,10H2,1-5H3. The molecule has 2 unspecified atom stereocenters. The minimum Gasteiger partial charge on any atom is -0.367 e. The molecule has 1 heterocycles. The number of anilines is 1. The van der Waals surface area contributed by atoms with Gasteiger partial charge in [-0.25, -0.2) is 0 Å². The van der Waals surface area contributed by atoms with Crippen LogP contribution in [0.15, 0.2) is 12.1 Å². The van der Waals surface area contributed by atoms with Crippen molar-refractivity contribution in [2.45, 2.75) is 53.1 Å². The van der Waals surface area contributed by atoms with E-state index in [-0.39, 0.29) is 0 Å². The minimum absolute atomic E-state index is 0.565. The van der Waals surface area contributed by atoms with Crippen LogP contribution in [-0.2, 0) is 0 Å². The van der Waals surface area contributed by atoms with Gasteiger partial charge in [0.15, 0.2) is 0 Å². The van der Waals surface area contributed by atoms with Gasteiger partial charge in [-0.3, -0.25) is 0 Å². The van der Waals surface area contributed by atoms with Crippen LogP contribution in [0.4, 0.5) is 5.69 Å². The Balaban J connectivity index is 2.39. The lowest BCUT2D eigenvalue weighted by molar-refractivity contribution is 0.584. The molecule has 100 valence electrons. The first kappa shape index (κ1) is 13.4. The summed E-state index contributed by atoms with van der Waals surface area (Å²) in [4.78, 5) is 2.59. The van der Waals surface area contributed by atoms with Crippen LogP contribution in [-0.4, -0.2) is 25.2 Å². The Labute approximate surface area is 111 Å². The summed E-state index contributed by atoms with van der Waals surface area (Å²) >= 11 is 0. The van der Waals surface area contributed by atoms with Gasteiger partial charge in [-0.15, -0.1) is 0 Å². The number of aryl methyl sites for hydroxylation is 3. The molecule has 2 rings (SSSR count). The minimum atomic E-state index is 0.565. The number of nitrogens with one attached hydrogen (secondary N) is 1. The Morgan fingerprint density at radius 1 is 1.11 bits per heavy atom. The van der Waals surface area contributed by atoms with Crippen molar-refractivity contribution in [1.29, 1.82) is 0 Å². The molecule has 1 aliphatic rings. The zero-order valence-electron chi connectivity index (χ0n) is 12.4. The molecule has 0 amide bonds. The molecule has 0 aromatic heterocycles. The van der Waals surface area contributed by atoms with Crippen molar-refractivity contribution in [2.75, 3.05) is 18.0 Å². The van der Waals surface area contributed by atoms with E-state index in [1.165, 1.54) is 28.8 Å². The van der Waals surface area contributed by atoms with Crippen LogP contribution >= 0.6 is 0 Å². The number of rotatable bonds is 1. The van der Waals surface area contributed by atoms with E-state index in [2.05, 4.69) is 57.0 Å². The van der Waals surface area contributed by atoms with Crippen molar-refractivity contribution in [3.8, 4) is 0 Å². The van der Waals surface area contributed by atoms with E-state index in [0.717, 1.165) is 13.1 Å². The maximum absolute atomic E-state index is 3.58. The summed E-state index contributed by atoms with van der Waals surface area (Å²) in [6, 6.07) is 5.79. The molecule has 1 aliphatic heterocycles. The summed E-state index contributed by atoms with van der Waals surface area (Å²) in [6.45, 7) is 13.5. The molecule has 0 spiro atoms. The van der Waals surface area contributed by atoms with Crippen molar-refractivity contribution < 1.29 is 0 Å². The van der Waals surface area contributed by atoms with Crippen molar-refractivity contribution in [3.63, 3.8) is 0 Å². The second kappa shape index (κ2) is 5.31. The molecule has 0 aliphatic carbocycles. The lowest BCUT2D eigenvalue weighted by atomic mass is 10.0. The highest BCUT2D eigenvalue weighted by molar-refractivity contribution is 5.61. The molecule has 2 heteroatoms. The first-order chi connectivity index (χ1) is 8.49. The van der Waals surface area contributed by atoms with E-state index >= 15 is 0 Å². The summed E-state index contributed by atoms with van der Waals surface area (Å²) in [5, 5.41) is 3.58. The van der Waals surface area contributed by atoms with Crippen LogP contribution in [0.2, 0.25) is 0 Å². The van der Waals surface area contributed by atoms with Crippen LogP contribution < -0.4 is 10.2 Å². The van der Waals surface area contributed by atoms with E-state index < -0.39 is 0 Å². The zero-order chi connectivity index (χ0) is 13.3. The van der Waals surface area contributed by atoms with Gasteiger partial charge in [0, 0.05) is 24.3 Å². The third-order valence-electron chi connectivity index (χ3n) is 3.98. The van der Waals surface area contributed by atoms with Gasteiger partial charge in [0.05, 0.1) is 0 Å². The van der Waals surface area contributed by atoms with Crippen molar-refractivity contribution >= 4 is 5.69 Å². The summed E-state index contributed by atoms with van der Waals surface area (Å²) in [5.41, 5.74) is 5.63. The summed E-state index contributed by atoms with van der Waals surface area (Å²) in [5.74, 6) is 0. The molecule has 0 saturated carbocycles. The molecule has 2 atom stereocenters. The number of nitrogens with zero attached hydrogens (tertiary/aromatic N) is 1. The molecule has 0 radical (unpaired) electrons. The SMILES string of the molecule is Cc1cc(C)c(N2CC(C)NCCC2C)c(C)c1. The van der Waals surface area contributed by atoms with Gasteiger partial charge in [-0.05, 0) is 58.7 Å². The molecule has 1 fully saturated rings. The monoisotopic (exact) mass is 246 g/mol. The van der Waals surface area contributed by atoms with E-state index in [0.29, 0.717) is 12.1 Å². The van der Waals surface area contributed by atoms with Gasteiger partial charge in [0.2, 0.25) is 0 Å². The first-order valence-corrected chi connectivity index (χ1v) is 7.07. The van der Waals surface area contributed by atoms with E-state index in [1.54, 1.807) is 0 Å².